The quantitative estimate of drug-likeness (QED) is 0.152. The first kappa shape index (κ1) is 45.8. The van der Waals surface area contributed by atoms with Crippen LogP contribution in [-0.4, -0.2) is 38.2 Å². The van der Waals surface area contributed by atoms with Crippen LogP contribution in [0.2, 0.25) is 0 Å². The second-order valence-corrected chi connectivity index (χ2v) is 20.9. The zero-order chi connectivity index (χ0) is 53.8. The Morgan fingerprint density at radius 2 is 0.634 bits per heavy atom. The Morgan fingerprint density at radius 1 is 0.244 bits per heavy atom. The predicted octanol–water partition coefficient (Wildman–Crippen LogP) is 18.3. The second kappa shape index (κ2) is 18.2. The minimum absolute atomic E-state index is 0.737. The van der Waals surface area contributed by atoms with Crippen molar-refractivity contribution in [3.05, 3.63) is 279 Å². The van der Waals surface area contributed by atoms with Crippen molar-refractivity contribution in [3.8, 4) is 67.6 Å². The SMILES string of the molecule is c1ccc(-c2ccc3c(c2)c2ccccc2n3-c2nc(-n3c4ccccc4c4cc(-c5ccccc5)ccc43)c(-n3c4ccccc4c4ncccc43)c(-c3ccccc3-c3ccccn3)c2-n2c3ccccc3c3ncccc32)cc1. The highest BCUT2D eigenvalue weighted by atomic mass is 15.2. The van der Waals surface area contributed by atoms with Gasteiger partial charge in [0.15, 0.2) is 11.6 Å². The van der Waals surface area contributed by atoms with Gasteiger partial charge in [0.25, 0.3) is 0 Å². The van der Waals surface area contributed by atoms with Crippen LogP contribution in [0.15, 0.2) is 279 Å². The largest absolute Gasteiger partial charge is 0.304 e. The third-order valence-electron chi connectivity index (χ3n) is 16.5. The van der Waals surface area contributed by atoms with E-state index in [4.69, 9.17) is 19.9 Å². The minimum atomic E-state index is 0.737. The van der Waals surface area contributed by atoms with Crippen LogP contribution < -0.4 is 0 Å². The Hall–Kier alpha value is -11.2. The van der Waals surface area contributed by atoms with Crippen molar-refractivity contribution < 1.29 is 0 Å². The molecular weight excluding hydrogens is 1000 g/mol. The van der Waals surface area contributed by atoms with Gasteiger partial charge in [-0.3, -0.25) is 24.1 Å². The van der Waals surface area contributed by atoms with E-state index in [1.165, 1.54) is 0 Å². The summed E-state index contributed by atoms with van der Waals surface area (Å²) in [6, 6.07) is 93.5. The van der Waals surface area contributed by atoms with Gasteiger partial charge in [0.1, 0.15) is 11.4 Å². The average Bonchev–Trinajstić information content (AvgIpc) is 2.73. The summed E-state index contributed by atoms with van der Waals surface area (Å²) in [6.07, 6.45) is 5.69. The fourth-order valence-corrected chi connectivity index (χ4v) is 13.1. The van der Waals surface area contributed by atoms with Crippen molar-refractivity contribution in [3.63, 3.8) is 0 Å². The van der Waals surface area contributed by atoms with Gasteiger partial charge in [0.05, 0.1) is 60.9 Å². The highest BCUT2D eigenvalue weighted by Crippen LogP contribution is 2.50. The van der Waals surface area contributed by atoms with Gasteiger partial charge in [-0.1, -0.05) is 176 Å². The summed E-state index contributed by atoms with van der Waals surface area (Å²) in [6.45, 7) is 0. The second-order valence-electron chi connectivity index (χ2n) is 20.9. The van der Waals surface area contributed by atoms with Crippen LogP contribution in [0, 0.1) is 0 Å². The predicted molar refractivity (Wildman–Crippen MR) is 337 cm³/mol. The molecule has 0 atom stereocenters. The number of benzene rings is 9. The topological polar surface area (TPSA) is 71.3 Å². The Bertz CT molecular complexity index is 5000. The van der Waals surface area contributed by atoms with Gasteiger partial charge in [-0.05, 0) is 113 Å². The molecule has 0 spiro atoms. The number of aromatic nitrogens is 8. The van der Waals surface area contributed by atoms with Crippen molar-refractivity contribution in [2.24, 2.45) is 0 Å². The fourth-order valence-electron chi connectivity index (χ4n) is 13.1. The van der Waals surface area contributed by atoms with E-state index < -0.39 is 0 Å². The molecular formula is C74H46N8. The van der Waals surface area contributed by atoms with Crippen LogP contribution in [0.25, 0.3) is 155 Å². The van der Waals surface area contributed by atoms with Crippen molar-refractivity contribution in [2.75, 3.05) is 0 Å². The van der Waals surface area contributed by atoms with Gasteiger partial charge < -0.3 is 9.13 Å². The lowest BCUT2D eigenvalue weighted by atomic mass is 9.94. The maximum Gasteiger partial charge on any atom is 0.165 e. The number of pyridine rings is 4. The highest BCUT2D eigenvalue weighted by Gasteiger charge is 2.34. The lowest BCUT2D eigenvalue weighted by Crippen LogP contribution is -2.16. The molecule has 0 unspecified atom stereocenters. The molecule has 382 valence electrons. The summed E-state index contributed by atoms with van der Waals surface area (Å²) < 4.78 is 9.70. The van der Waals surface area contributed by atoms with Crippen LogP contribution in [-0.2, 0) is 0 Å². The van der Waals surface area contributed by atoms with E-state index in [1.807, 2.05) is 36.8 Å². The summed E-state index contributed by atoms with van der Waals surface area (Å²) in [4.78, 5) is 22.0. The number of hydrogen-bond donors (Lipinski definition) is 0. The molecule has 0 saturated heterocycles. The summed E-state index contributed by atoms with van der Waals surface area (Å²) in [5.41, 5.74) is 19.8. The van der Waals surface area contributed by atoms with Gasteiger partial charge in [-0.2, -0.15) is 0 Å². The van der Waals surface area contributed by atoms with Crippen molar-refractivity contribution >= 4 is 87.5 Å². The van der Waals surface area contributed by atoms with Gasteiger partial charge in [0, 0.05) is 62.0 Å². The standard InChI is InChI=1S/C74H46N8/c1-3-21-47(22-4-1)49-38-40-64-57(45-49)52-26-9-13-32-60(52)81(64)73-71(79-62-34-15-11-29-55(62)69-66(79)36-19-43-76-69)68(54-28-8-7-25-51(54)59-31-17-18-42-75-59)72(80-63-35-16-12-30-56(63)70-67(80)37-20-44-77-70)74(78-73)82-61-33-14-10-27-53(61)58-46-50(39-41-65(58)82)48-23-5-2-6-24-48/h1-46H. The zero-order valence-electron chi connectivity index (χ0n) is 44.1. The molecule has 8 aromatic heterocycles. The first-order valence-electron chi connectivity index (χ1n) is 27.7. The molecule has 9 aromatic carbocycles. The molecule has 0 N–H and O–H groups in total. The number of fused-ring (bicyclic) bond motifs is 12. The minimum Gasteiger partial charge on any atom is -0.304 e. The van der Waals surface area contributed by atoms with E-state index in [0.29, 0.717) is 0 Å². The van der Waals surface area contributed by atoms with Crippen LogP contribution >= 0.6 is 0 Å². The summed E-state index contributed by atoms with van der Waals surface area (Å²) in [5.74, 6) is 1.47. The summed E-state index contributed by atoms with van der Waals surface area (Å²) in [5, 5.41) is 6.54. The normalized spacial score (nSPS) is 11.9. The van der Waals surface area contributed by atoms with Crippen LogP contribution in [0.4, 0.5) is 0 Å². The molecule has 0 saturated carbocycles. The lowest BCUT2D eigenvalue weighted by molar-refractivity contribution is 0.961. The van der Waals surface area contributed by atoms with E-state index >= 15 is 0 Å². The molecule has 8 heterocycles. The molecule has 82 heavy (non-hydrogen) atoms. The maximum atomic E-state index is 6.47. The van der Waals surface area contributed by atoms with Gasteiger partial charge >= 0.3 is 0 Å². The zero-order valence-corrected chi connectivity index (χ0v) is 44.1. The molecule has 8 nitrogen and oxygen atoms in total. The number of para-hydroxylation sites is 4. The molecule has 0 radical (unpaired) electrons. The first-order valence-corrected chi connectivity index (χ1v) is 27.7. The van der Waals surface area contributed by atoms with E-state index in [0.717, 1.165) is 155 Å². The van der Waals surface area contributed by atoms with Crippen LogP contribution in [0.1, 0.15) is 0 Å². The Balaban J connectivity index is 1.16. The van der Waals surface area contributed by atoms with Gasteiger partial charge in [-0.15, -0.1) is 0 Å². The number of hydrogen-bond acceptors (Lipinski definition) is 4. The van der Waals surface area contributed by atoms with Crippen molar-refractivity contribution in [1.29, 1.82) is 0 Å². The van der Waals surface area contributed by atoms with E-state index in [-0.39, 0.29) is 0 Å². The van der Waals surface area contributed by atoms with Crippen LogP contribution in [0.3, 0.4) is 0 Å². The monoisotopic (exact) mass is 1050 g/mol. The van der Waals surface area contributed by atoms with E-state index in [1.54, 1.807) is 0 Å². The molecule has 8 heteroatoms. The lowest BCUT2D eigenvalue weighted by Gasteiger charge is -2.27. The Morgan fingerprint density at radius 3 is 1.12 bits per heavy atom. The first-order chi connectivity index (χ1) is 40.7. The number of nitrogens with zero attached hydrogens (tertiary/aromatic N) is 8. The fraction of sp³-hybridized carbons (Fsp3) is 0. The van der Waals surface area contributed by atoms with Crippen LogP contribution in [0.5, 0.6) is 0 Å². The Kier molecular flexibility index (Phi) is 10.1. The average molecular weight is 1050 g/mol. The molecule has 0 amide bonds. The molecule has 0 aliphatic carbocycles. The van der Waals surface area contributed by atoms with Crippen molar-refractivity contribution in [2.45, 2.75) is 0 Å². The van der Waals surface area contributed by atoms with Gasteiger partial charge in [0.2, 0.25) is 0 Å². The summed E-state index contributed by atoms with van der Waals surface area (Å²) in [7, 11) is 0. The summed E-state index contributed by atoms with van der Waals surface area (Å²) >= 11 is 0. The molecule has 0 fully saturated rings. The molecule has 0 aliphatic heterocycles. The van der Waals surface area contributed by atoms with Gasteiger partial charge in [-0.25, -0.2) is 4.98 Å². The molecule has 17 aromatic rings. The molecule has 0 aliphatic rings. The number of rotatable bonds is 8. The smallest absolute Gasteiger partial charge is 0.165 e. The highest BCUT2D eigenvalue weighted by molar-refractivity contribution is 6.16. The maximum absolute atomic E-state index is 6.47. The Labute approximate surface area is 470 Å². The third kappa shape index (κ3) is 6.79. The van der Waals surface area contributed by atoms with Crippen molar-refractivity contribution in [1.82, 2.24) is 38.2 Å². The molecule has 17 rings (SSSR count). The van der Waals surface area contributed by atoms with E-state index in [2.05, 4.69) is 261 Å². The molecule has 0 bridgehead atoms. The third-order valence-corrected chi connectivity index (χ3v) is 16.5. The van der Waals surface area contributed by atoms with E-state index in [9.17, 15) is 0 Å².